The van der Waals surface area contributed by atoms with Gasteiger partial charge in [-0.2, -0.15) is 0 Å². The number of aromatic amines is 1. The van der Waals surface area contributed by atoms with Gasteiger partial charge in [0.05, 0.1) is 24.2 Å². The van der Waals surface area contributed by atoms with Crippen LogP contribution in [-0.4, -0.2) is 68.7 Å². The number of nitrogens with zero attached hydrogens (tertiary/aromatic N) is 5. The van der Waals surface area contributed by atoms with Gasteiger partial charge in [-0.25, -0.2) is 24.9 Å². The number of hydrogen-bond donors (Lipinski definition) is 4. The Morgan fingerprint density at radius 2 is 1.86 bits per heavy atom. The largest absolute Gasteiger partial charge is 0.478 e. The number of anilines is 2. The SMILES string of the molecule is COc1nc(-c2[nH]c(C(C)(C)C)nc2-c2ccnc(NCC(C)NC(=O)C(C)OC)n2)c(C)nc1N. The molecule has 3 aromatic heterocycles. The number of nitrogens with one attached hydrogen (secondary N) is 3. The summed E-state index contributed by atoms with van der Waals surface area (Å²) in [4.78, 5) is 38.3. The maximum Gasteiger partial charge on any atom is 0.257 e. The summed E-state index contributed by atoms with van der Waals surface area (Å²) >= 11 is 0. The maximum absolute atomic E-state index is 12.1. The normalized spacial score (nSPS) is 13.2. The molecule has 0 saturated heterocycles. The molecule has 0 aliphatic carbocycles. The molecule has 0 spiro atoms. The summed E-state index contributed by atoms with van der Waals surface area (Å²) in [5, 5.41) is 6.05. The molecule has 3 aromatic rings. The van der Waals surface area contributed by atoms with Crippen LogP contribution in [0.2, 0.25) is 0 Å². The lowest BCUT2D eigenvalue weighted by Gasteiger charge is -2.17. The lowest BCUT2D eigenvalue weighted by atomic mass is 9.96. The molecular weight excluding hydrogens is 462 g/mol. The number of aryl methyl sites for hydroxylation is 1. The Kier molecular flexibility index (Phi) is 8.08. The minimum absolute atomic E-state index is 0.170. The molecule has 2 unspecified atom stereocenters. The number of nitrogen functional groups attached to an aromatic ring is 1. The van der Waals surface area contributed by atoms with Gasteiger partial charge in [0.25, 0.3) is 5.88 Å². The van der Waals surface area contributed by atoms with Gasteiger partial charge < -0.3 is 30.8 Å². The molecule has 12 nitrogen and oxygen atoms in total. The highest BCUT2D eigenvalue weighted by atomic mass is 16.5. The van der Waals surface area contributed by atoms with Crippen LogP contribution in [0.25, 0.3) is 22.8 Å². The van der Waals surface area contributed by atoms with E-state index in [-0.39, 0.29) is 29.1 Å². The molecule has 0 fully saturated rings. The first-order chi connectivity index (χ1) is 16.9. The third kappa shape index (κ3) is 6.06. The van der Waals surface area contributed by atoms with Crippen molar-refractivity contribution in [1.29, 1.82) is 0 Å². The molecule has 0 saturated carbocycles. The second-order valence-electron chi connectivity index (χ2n) is 9.55. The Balaban J connectivity index is 1.95. The van der Waals surface area contributed by atoms with Crippen LogP contribution in [0.3, 0.4) is 0 Å². The molecule has 0 bridgehead atoms. The van der Waals surface area contributed by atoms with E-state index in [1.807, 2.05) is 13.8 Å². The number of imidazole rings is 1. The summed E-state index contributed by atoms with van der Waals surface area (Å²) in [6, 6.07) is 1.61. The van der Waals surface area contributed by atoms with Crippen molar-refractivity contribution in [3.8, 4) is 28.7 Å². The van der Waals surface area contributed by atoms with Crippen molar-refractivity contribution in [3.05, 3.63) is 23.8 Å². The summed E-state index contributed by atoms with van der Waals surface area (Å²) in [5.74, 6) is 1.43. The Labute approximate surface area is 210 Å². The van der Waals surface area contributed by atoms with E-state index in [1.54, 1.807) is 19.2 Å². The van der Waals surface area contributed by atoms with Crippen LogP contribution in [0.1, 0.15) is 46.1 Å². The number of aromatic nitrogens is 6. The van der Waals surface area contributed by atoms with E-state index < -0.39 is 6.10 Å². The van der Waals surface area contributed by atoms with Crippen molar-refractivity contribution in [2.24, 2.45) is 0 Å². The molecule has 3 heterocycles. The fraction of sp³-hybridized carbons (Fsp3) is 0.500. The fourth-order valence-electron chi connectivity index (χ4n) is 3.33. The van der Waals surface area contributed by atoms with Gasteiger partial charge in [0.2, 0.25) is 11.9 Å². The minimum Gasteiger partial charge on any atom is -0.478 e. The molecule has 36 heavy (non-hydrogen) atoms. The van der Waals surface area contributed by atoms with Gasteiger partial charge in [0.15, 0.2) is 5.82 Å². The zero-order chi connectivity index (χ0) is 26.6. The van der Waals surface area contributed by atoms with E-state index in [0.29, 0.717) is 41.0 Å². The predicted octanol–water partition coefficient (Wildman–Crippen LogP) is 2.47. The number of hydrogen-bond acceptors (Lipinski definition) is 10. The highest BCUT2D eigenvalue weighted by molar-refractivity contribution is 5.80. The molecular formula is C24H35N9O3. The second-order valence-corrected chi connectivity index (χ2v) is 9.55. The maximum atomic E-state index is 12.1. The molecule has 1 amide bonds. The number of amides is 1. The van der Waals surface area contributed by atoms with Gasteiger partial charge in [-0.05, 0) is 26.8 Å². The van der Waals surface area contributed by atoms with Crippen LogP contribution in [0.5, 0.6) is 5.88 Å². The van der Waals surface area contributed by atoms with E-state index in [9.17, 15) is 4.79 Å². The number of rotatable bonds is 9. The number of ether oxygens (including phenoxy) is 2. The Bertz CT molecular complexity index is 1220. The summed E-state index contributed by atoms with van der Waals surface area (Å²) in [7, 11) is 2.99. The smallest absolute Gasteiger partial charge is 0.257 e. The summed E-state index contributed by atoms with van der Waals surface area (Å²) in [6.07, 6.45) is 1.12. The van der Waals surface area contributed by atoms with Crippen molar-refractivity contribution >= 4 is 17.7 Å². The predicted molar refractivity (Wildman–Crippen MR) is 138 cm³/mol. The lowest BCUT2D eigenvalue weighted by Crippen LogP contribution is -2.42. The van der Waals surface area contributed by atoms with Crippen LogP contribution in [-0.2, 0) is 14.9 Å². The third-order valence-corrected chi connectivity index (χ3v) is 5.48. The van der Waals surface area contributed by atoms with Crippen LogP contribution in [0.4, 0.5) is 11.8 Å². The van der Waals surface area contributed by atoms with Crippen LogP contribution >= 0.6 is 0 Å². The first kappa shape index (κ1) is 26.8. The zero-order valence-electron chi connectivity index (χ0n) is 22.1. The van der Waals surface area contributed by atoms with E-state index in [2.05, 4.69) is 56.3 Å². The van der Waals surface area contributed by atoms with Crippen LogP contribution in [0.15, 0.2) is 12.3 Å². The number of H-pyrrole nitrogens is 1. The van der Waals surface area contributed by atoms with Gasteiger partial charge in [-0.15, -0.1) is 0 Å². The van der Waals surface area contributed by atoms with Crippen molar-refractivity contribution in [2.45, 2.75) is 59.1 Å². The molecule has 2 atom stereocenters. The van der Waals surface area contributed by atoms with Gasteiger partial charge in [0.1, 0.15) is 23.3 Å². The molecule has 194 valence electrons. The molecule has 0 aliphatic heterocycles. The molecule has 5 N–H and O–H groups in total. The van der Waals surface area contributed by atoms with Gasteiger partial charge in [-0.1, -0.05) is 20.8 Å². The van der Waals surface area contributed by atoms with E-state index >= 15 is 0 Å². The molecule has 12 heteroatoms. The third-order valence-electron chi connectivity index (χ3n) is 5.48. The molecule has 0 aromatic carbocycles. The Hall–Kier alpha value is -3.80. The molecule has 3 rings (SSSR count). The van der Waals surface area contributed by atoms with Crippen molar-refractivity contribution in [1.82, 2.24) is 35.2 Å². The van der Waals surface area contributed by atoms with E-state index in [0.717, 1.165) is 5.82 Å². The first-order valence-corrected chi connectivity index (χ1v) is 11.6. The summed E-state index contributed by atoms with van der Waals surface area (Å²) in [6.45, 7) is 12.0. The first-order valence-electron chi connectivity index (χ1n) is 11.6. The van der Waals surface area contributed by atoms with Crippen molar-refractivity contribution in [3.63, 3.8) is 0 Å². The number of carbonyl (C=O) groups is 1. The molecule has 0 aliphatic rings. The number of carbonyl (C=O) groups excluding carboxylic acids is 1. The lowest BCUT2D eigenvalue weighted by molar-refractivity contribution is -0.130. The monoisotopic (exact) mass is 497 g/mol. The van der Waals surface area contributed by atoms with E-state index in [4.69, 9.17) is 20.2 Å². The second kappa shape index (κ2) is 10.9. The van der Waals surface area contributed by atoms with E-state index in [1.165, 1.54) is 14.2 Å². The van der Waals surface area contributed by atoms with Crippen molar-refractivity contribution in [2.75, 3.05) is 31.8 Å². The van der Waals surface area contributed by atoms with Crippen LogP contribution < -0.4 is 21.1 Å². The standard InChI is InChI=1S/C24H35N9O3/c1-12(28-20(34)14(3)35-7)11-27-23-26-10-9-15(30-23)17-18(33-22(32-17)24(4,5)6)16-13(2)29-19(25)21(31-16)36-8/h9-10,12,14H,11H2,1-8H3,(H2,25,29)(H,28,34)(H,32,33)(H,26,27,30). The highest BCUT2D eigenvalue weighted by Gasteiger charge is 2.26. The quantitative estimate of drug-likeness (QED) is 0.345. The summed E-state index contributed by atoms with van der Waals surface area (Å²) < 4.78 is 10.4. The van der Waals surface area contributed by atoms with Gasteiger partial charge in [0, 0.05) is 31.3 Å². The van der Waals surface area contributed by atoms with Gasteiger partial charge in [-0.3, -0.25) is 4.79 Å². The summed E-state index contributed by atoms with van der Waals surface area (Å²) in [5.41, 5.74) is 8.73. The highest BCUT2D eigenvalue weighted by Crippen LogP contribution is 2.34. The van der Waals surface area contributed by atoms with Crippen LogP contribution in [0, 0.1) is 6.92 Å². The van der Waals surface area contributed by atoms with Gasteiger partial charge >= 0.3 is 0 Å². The number of methoxy groups -OCH3 is 2. The minimum atomic E-state index is -0.527. The van der Waals surface area contributed by atoms with Crippen molar-refractivity contribution < 1.29 is 14.3 Å². The average molecular weight is 498 g/mol. The zero-order valence-corrected chi connectivity index (χ0v) is 22.1. The Morgan fingerprint density at radius 1 is 1.14 bits per heavy atom. The topological polar surface area (TPSA) is 166 Å². The average Bonchev–Trinajstić information content (AvgIpc) is 3.28. The molecule has 0 radical (unpaired) electrons. The fourth-order valence-corrected chi connectivity index (χ4v) is 3.33. The number of nitrogens with two attached hydrogens (primary N) is 1. The Morgan fingerprint density at radius 3 is 2.50 bits per heavy atom.